The smallest absolute Gasteiger partial charge is 0.228 e. The first-order valence-electron chi connectivity index (χ1n) is 9.43. The normalized spacial score (nSPS) is 18.1. The van der Waals surface area contributed by atoms with Crippen LogP contribution in [0, 0.1) is 0 Å². The van der Waals surface area contributed by atoms with Crippen LogP contribution in [0.3, 0.4) is 0 Å². The highest BCUT2D eigenvalue weighted by atomic mass is 16.5. The van der Waals surface area contributed by atoms with Gasteiger partial charge < -0.3 is 20.1 Å². The number of hydrogen-bond acceptors (Lipinski definition) is 5. The second-order valence-corrected chi connectivity index (χ2v) is 7.13. The maximum atomic E-state index is 11.4. The molecule has 4 rings (SSSR count). The van der Waals surface area contributed by atoms with Crippen LogP contribution in [-0.4, -0.2) is 61.3 Å². The molecular weight excluding hydrogens is 342 g/mol. The van der Waals surface area contributed by atoms with E-state index in [4.69, 9.17) is 4.74 Å². The zero-order valence-electron chi connectivity index (χ0n) is 15.3. The number of nitrogens with one attached hydrogen (secondary N) is 1. The van der Waals surface area contributed by atoms with Gasteiger partial charge in [0.15, 0.2) is 0 Å². The minimum Gasteiger partial charge on any atom is -0.491 e. The number of piperazine rings is 1. The molecule has 2 N–H and O–H groups in total. The van der Waals surface area contributed by atoms with Crippen molar-refractivity contribution in [3.63, 3.8) is 0 Å². The number of para-hydroxylation sites is 1. The van der Waals surface area contributed by atoms with Gasteiger partial charge in [-0.15, -0.1) is 0 Å². The van der Waals surface area contributed by atoms with Gasteiger partial charge in [0, 0.05) is 44.1 Å². The van der Waals surface area contributed by atoms with Crippen molar-refractivity contribution in [3.05, 3.63) is 54.1 Å². The van der Waals surface area contributed by atoms with E-state index in [-0.39, 0.29) is 12.5 Å². The fourth-order valence-corrected chi connectivity index (χ4v) is 3.67. The van der Waals surface area contributed by atoms with Crippen molar-refractivity contribution in [1.82, 2.24) is 4.90 Å². The zero-order valence-corrected chi connectivity index (χ0v) is 15.3. The van der Waals surface area contributed by atoms with E-state index < -0.39 is 6.10 Å². The third-order valence-corrected chi connectivity index (χ3v) is 5.11. The van der Waals surface area contributed by atoms with Gasteiger partial charge in [-0.25, -0.2) is 0 Å². The second-order valence-electron chi connectivity index (χ2n) is 7.13. The third kappa shape index (κ3) is 4.40. The number of benzene rings is 2. The van der Waals surface area contributed by atoms with E-state index in [1.54, 1.807) is 0 Å². The van der Waals surface area contributed by atoms with Crippen molar-refractivity contribution in [2.24, 2.45) is 0 Å². The van der Waals surface area contributed by atoms with E-state index >= 15 is 0 Å². The van der Waals surface area contributed by atoms with Crippen LogP contribution in [0.1, 0.15) is 5.56 Å². The van der Waals surface area contributed by atoms with Crippen molar-refractivity contribution in [2.45, 2.75) is 12.5 Å². The zero-order chi connectivity index (χ0) is 18.6. The first-order valence-corrected chi connectivity index (χ1v) is 9.43. The van der Waals surface area contributed by atoms with Crippen molar-refractivity contribution in [2.75, 3.05) is 49.5 Å². The van der Waals surface area contributed by atoms with Crippen LogP contribution in [0.2, 0.25) is 0 Å². The molecule has 27 heavy (non-hydrogen) atoms. The van der Waals surface area contributed by atoms with E-state index in [1.807, 2.05) is 24.3 Å². The lowest BCUT2D eigenvalue weighted by Crippen LogP contribution is -2.49. The summed E-state index contributed by atoms with van der Waals surface area (Å²) in [6.07, 6.45) is -0.151. The standard InChI is InChI=1S/C21H25N3O3/c25-18(15-27-19-6-7-20-16(12-19)13-21(26)22-20)14-23-8-10-24(11-9-23)17-4-2-1-3-5-17/h1-7,12,18,25H,8-11,13-15H2,(H,22,26)/t18-/m1/s1. The minimum absolute atomic E-state index is 0.0110. The Morgan fingerprint density at radius 1 is 1.07 bits per heavy atom. The van der Waals surface area contributed by atoms with Crippen LogP contribution < -0.4 is 15.0 Å². The Kier molecular flexibility index (Phi) is 5.27. The van der Waals surface area contributed by atoms with Crippen LogP contribution in [0.4, 0.5) is 11.4 Å². The van der Waals surface area contributed by atoms with Gasteiger partial charge in [0.05, 0.1) is 6.42 Å². The average Bonchev–Trinajstić information content (AvgIpc) is 3.07. The number of carbonyl (C=O) groups is 1. The molecular formula is C21H25N3O3. The quantitative estimate of drug-likeness (QED) is 0.814. The van der Waals surface area contributed by atoms with Gasteiger partial charge in [0.2, 0.25) is 5.91 Å². The van der Waals surface area contributed by atoms with Gasteiger partial charge >= 0.3 is 0 Å². The Bertz CT molecular complexity index is 789. The number of ether oxygens (including phenoxy) is 1. The molecule has 0 radical (unpaired) electrons. The SMILES string of the molecule is O=C1Cc2cc(OC[C@H](O)CN3CCN(c4ccccc4)CC3)ccc2N1. The van der Waals surface area contributed by atoms with Gasteiger partial charge in [0.25, 0.3) is 0 Å². The predicted molar refractivity (Wildman–Crippen MR) is 105 cm³/mol. The Balaban J connectivity index is 1.22. The highest BCUT2D eigenvalue weighted by Gasteiger charge is 2.21. The minimum atomic E-state index is -0.540. The Labute approximate surface area is 159 Å². The van der Waals surface area contributed by atoms with Crippen LogP contribution in [0.25, 0.3) is 0 Å². The molecule has 0 saturated carbocycles. The van der Waals surface area contributed by atoms with E-state index in [0.29, 0.717) is 18.7 Å². The molecule has 2 aromatic carbocycles. The number of nitrogens with zero attached hydrogens (tertiary/aromatic N) is 2. The highest BCUT2D eigenvalue weighted by Crippen LogP contribution is 2.27. The van der Waals surface area contributed by atoms with E-state index in [2.05, 4.69) is 39.4 Å². The summed E-state index contributed by atoms with van der Waals surface area (Å²) in [6.45, 7) is 4.64. The molecule has 6 heteroatoms. The number of hydrogen-bond donors (Lipinski definition) is 2. The number of aliphatic hydroxyl groups excluding tert-OH is 1. The van der Waals surface area contributed by atoms with Gasteiger partial charge in [-0.1, -0.05) is 18.2 Å². The van der Waals surface area contributed by atoms with Crippen LogP contribution in [0.15, 0.2) is 48.5 Å². The number of carbonyl (C=O) groups excluding carboxylic acids is 1. The van der Waals surface area contributed by atoms with Crippen molar-refractivity contribution in [1.29, 1.82) is 0 Å². The fraction of sp³-hybridized carbons (Fsp3) is 0.381. The largest absolute Gasteiger partial charge is 0.491 e. The fourth-order valence-electron chi connectivity index (χ4n) is 3.67. The first-order chi connectivity index (χ1) is 13.2. The molecule has 1 atom stereocenters. The Morgan fingerprint density at radius 3 is 2.63 bits per heavy atom. The molecule has 0 bridgehead atoms. The molecule has 2 aliphatic heterocycles. The molecule has 2 heterocycles. The molecule has 1 fully saturated rings. The van der Waals surface area contributed by atoms with E-state index in [1.165, 1.54) is 5.69 Å². The maximum Gasteiger partial charge on any atom is 0.228 e. The Hall–Kier alpha value is -2.57. The van der Waals surface area contributed by atoms with Gasteiger partial charge in [-0.05, 0) is 35.9 Å². The van der Waals surface area contributed by atoms with Crippen molar-refractivity contribution in [3.8, 4) is 5.75 Å². The summed E-state index contributed by atoms with van der Waals surface area (Å²) in [5, 5.41) is 13.1. The molecule has 0 unspecified atom stereocenters. The summed E-state index contributed by atoms with van der Waals surface area (Å²) in [5.41, 5.74) is 3.05. The number of β-amino-alcohol motifs (C(OH)–C–C–N with tert-alkyl or cyclic N) is 1. The summed E-state index contributed by atoms with van der Waals surface area (Å²) < 4.78 is 5.73. The number of fused-ring (bicyclic) bond motifs is 1. The third-order valence-electron chi connectivity index (χ3n) is 5.11. The molecule has 0 aliphatic carbocycles. The first kappa shape index (κ1) is 17.8. The molecule has 1 saturated heterocycles. The van der Waals surface area contributed by atoms with E-state index in [9.17, 15) is 9.90 Å². The number of aliphatic hydroxyl groups is 1. The van der Waals surface area contributed by atoms with E-state index in [0.717, 1.165) is 37.4 Å². The maximum absolute atomic E-state index is 11.4. The highest BCUT2D eigenvalue weighted by molar-refractivity contribution is 5.99. The molecule has 142 valence electrons. The number of rotatable bonds is 6. The lowest BCUT2D eigenvalue weighted by Gasteiger charge is -2.36. The molecule has 2 aliphatic rings. The summed E-state index contributed by atoms with van der Waals surface area (Å²) >= 11 is 0. The topological polar surface area (TPSA) is 65.0 Å². The molecule has 2 aromatic rings. The lowest BCUT2D eigenvalue weighted by molar-refractivity contribution is -0.115. The molecule has 0 aromatic heterocycles. The molecule has 0 spiro atoms. The summed E-state index contributed by atoms with van der Waals surface area (Å²) in [7, 11) is 0. The summed E-state index contributed by atoms with van der Waals surface area (Å²) in [4.78, 5) is 16.1. The van der Waals surface area contributed by atoms with Gasteiger partial charge in [-0.2, -0.15) is 0 Å². The average molecular weight is 367 g/mol. The number of anilines is 2. The van der Waals surface area contributed by atoms with Crippen LogP contribution in [-0.2, 0) is 11.2 Å². The van der Waals surface area contributed by atoms with Crippen LogP contribution in [0.5, 0.6) is 5.75 Å². The lowest BCUT2D eigenvalue weighted by atomic mass is 10.1. The summed E-state index contributed by atoms with van der Waals surface area (Å²) in [6, 6.07) is 16.0. The Morgan fingerprint density at radius 2 is 1.85 bits per heavy atom. The van der Waals surface area contributed by atoms with Crippen LogP contribution >= 0.6 is 0 Å². The molecule has 1 amide bonds. The van der Waals surface area contributed by atoms with Crippen molar-refractivity contribution < 1.29 is 14.6 Å². The van der Waals surface area contributed by atoms with Gasteiger partial charge in [-0.3, -0.25) is 9.69 Å². The van der Waals surface area contributed by atoms with Gasteiger partial charge in [0.1, 0.15) is 18.5 Å². The number of amides is 1. The molecule has 6 nitrogen and oxygen atoms in total. The summed E-state index contributed by atoms with van der Waals surface area (Å²) in [5.74, 6) is 0.704. The van der Waals surface area contributed by atoms with Crippen molar-refractivity contribution >= 4 is 17.3 Å². The predicted octanol–water partition coefficient (Wildman–Crippen LogP) is 1.74. The monoisotopic (exact) mass is 367 g/mol. The second kappa shape index (κ2) is 7.98.